The molecule has 0 radical (unpaired) electrons. The third-order valence-corrected chi connectivity index (χ3v) is 10.6. The second-order valence-corrected chi connectivity index (χ2v) is 18.5. The van der Waals surface area contributed by atoms with Crippen molar-refractivity contribution in [3.8, 4) is 11.5 Å². The van der Waals surface area contributed by atoms with Crippen LogP contribution in [0.1, 0.15) is 86.3 Å². The summed E-state index contributed by atoms with van der Waals surface area (Å²) in [6, 6.07) is 18.2. The minimum atomic E-state index is -1.15. The Kier molecular flexibility index (Phi) is 14.5. The number of carboxylic acids is 1. The number of hydrogen-bond donors (Lipinski definition) is 3. The molecular formula is C46H63N7O9. The first-order valence-electron chi connectivity index (χ1n) is 21.4. The Morgan fingerprint density at radius 1 is 0.935 bits per heavy atom. The summed E-state index contributed by atoms with van der Waals surface area (Å²) >= 11 is 0. The highest BCUT2D eigenvalue weighted by Gasteiger charge is 2.55. The number of carbonyl (C=O) groups excluding carboxylic acids is 2. The van der Waals surface area contributed by atoms with Crippen LogP contribution in [0.5, 0.6) is 11.5 Å². The van der Waals surface area contributed by atoms with Gasteiger partial charge in [0.2, 0.25) is 0 Å². The number of benzene rings is 2. The number of para-hydroxylation sites is 1. The third-order valence-electron chi connectivity index (χ3n) is 10.6. The number of aliphatic carboxylic acids is 1. The Hall–Kier alpha value is -5.29. The van der Waals surface area contributed by atoms with Gasteiger partial charge in [-0.2, -0.15) is 0 Å². The molecule has 0 unspecified atom stereocenters. The van der Waals surface area contributed by atoms with E-state index < -0.39 is 41.2 Å². The fourth-order valence-corrected chi connectivity index (χ4v) is 8.07. The van der Waals surface area contributed by atoms with Gasteiger partial charge in [0, 0.05) is 38.8 Å². The summed E-state index contributed by atoms with van der Waals surface area (Å²) in [7, 11) is 1.63. The Morgan fingerprint density at radius 2 is 1.65 bits per heavy atom. The van der Waals surface area contributed by atoms with Gasteiger partial charge in [-0.3, -0.25) is 4.90 Å². The number of fused-ring (bicyclic) bond motifs is 2. The molecule has 3 N–H and O–H groups in total. The molecule has 1 saturated carbocycles. The van der Waals surface area contributed by atoms with Crippen molar-refractivity contribution < 1.29 is 43.2 Å². The topological polar surface area (TPSA) is 179 Å². The molecular weight excluding hydrogens is 795 g/mol. The van der Waals surface area contributed by atoms with Gasteiger partial charge in [-0.15, -0.1) is 0 Å². The number of alkyl carbamates (subject to hydrolysis) is 1. The fraction of sp³-hybridized carbons (Fsp3) is 0.543. The molecule has 336 valence electrons. The van der Waals surface area contributed by atoms with Crippen LogP contribution in [-0.2, 0) is 30.3 Å². The summed E-state index contributed by atoms with van der Waals surface area (Å²) in [6.07, 6.45) is 3.16. The van der Waals surface area contributed by atoms with Crippen molar-refractivity contribution in [3.63, 3.8) is 0 Å². The number of nitrogens with zero attached hydrogens (tertiary/aromatic N) is 5. The van der Waals surface area contributed by atoms with Gasteiger partial charge >= 0.3 is 18.2 Å². The molecule has 16 heteroatoms. The van der Waals surface area contributed by atoms with Crippen LogP contribution in [0.3, 0.4) is 0 Å². The van der Waals surface area contributed by atoms with E-state index in [1.807, 2.05) is 95.4 Å². The summed E-state index contributed by atoms with van der Waals surface area (Å²) in [4.78, 5) is 50.9. The molecule has 2 fully saturated rings. The number of rotatable bonds is 17. The quantitative estimate of drug-likeness (QED) is 0.0889. The average molecular weight is 858 g/mol. The normalized spacial score (nSPS) is 20.2. The van der Waals surface area contributed by atoms with Crippen LogP contribution in [0.2, 0.25) is 0 Å². The van der Waals surface area contributed by atoms with Gasteiger partial charge in [0.1, 0.15) is 46.8 Å². The molecule has 3 heterocycles. The molecule has 1 saturated heterocycles. The molecule has 6 rings (SSSR count). The first-order chi connectivity index (χ1) is 29.2. The lowest BCUT2D eigenvalue weighted by Gasteiger charge is -2.30. The van der Waals surface area contributed by atoms with Crippen LogP contribution in [0, 0.1) is 5.92 Å². The van der Waals surface area contributed by atoms with E-state index in [9.17, 15) is 19.5 Å². The minimum absolute atomic E-state index is 0.00243. The number of amides is 2. The molecule has 2 aliphatic rings. The highest BCUT2D eigenvalue weighted by Crippen LogP contribution is 2.48. The molecule has 62 heavy (non-hydrogen) atoms. The van der Waals surface area contributed by atoms with Gasteiger partial charge in [0.25, 0.3) is 0 Å². The first kappa shape index (κ1) is 46.2. The fourth-order valence-electron chi connectivity index (χ4n) is 8.07. The van der Waals surface area contributed by atoms with E-state index in [1.54, 1.807) is 27.8 Å². The predicted molar refractivity (Wildman–Crippen MR) is 234 cm³/mol. The number of carbonyl (C=O) groups is 3. The number of anilines is 1. The summed E-state index contributed by atoms with van der Waals surface area (Å²) in [5, 5.41) is 16.9. The lowest BCUT2D eigenvalue weighted by Crippen LogP contribution is -2.46. The maximum Gasteiger partial charge on any atom is 0.415 e. The highest BCUT2D eigenvalue weighted by molar-refractivity contribution is 5.97. The molecule has 0 spiro atoms. The SMILES string of the molecule is CN(C(=O)OC(C)(C)C)c1ncnc2c1ccn2[C@@H]1C[C@H](CN(CCCNCc2cccc(Oc3ccccc3)c2)CC[C@H](NC(=O)OC(C)(C)C)C(=O)O)[C@H]2OC(C)(C)O[C@H]21. The Balaban J connectivity index is 1.17. The van der Waals surface area contributed by atoms with Crippen molar-refractivity contribution >= 4 is 35.0 Å². The van der Waals surface area contributed by atoms with E-state index in [1.165, 1.54) is 11.2 Å². The monoisotopic (exact) mass is 857 g/mol. The molecule has 16 nitrogen and oxygen atoms in total. The summed E-state index contributed by atoms with van der Waals surface area (Å²) in [6.45, 7) is 17.5. The molecule has 2 aromatic carbocycles. The van der Waals surface area contributed by atoms with Crippen molar-refractivity contribution in [1.29, 1.82) is 0 Å². The van der Waals surface area contributed by atoms with Crippen LogP contribution in [0.4, 0.5) is 15.4 Å². The van der Waals surface area contributed by atoms with E-state index in [2.05, 4.69) is 36.1 Å². The highest BCUT2D eigenvalue weighted by atomic mass is 16.8. The van der Waals surface area contributed by atoms with Crippen LogP contribution >= 0.6 is 0 Å². The zero-order valence-electron chi connectivity index (χ0n) is 37.4. The van der Waals surface area contributed by atoms with Crippen LogP contribution in [0.15, 0.2) is 73.2 Å². The first-order valence-corrected chi connectivity index (χ1v) is 21.4. The molecule has 1 aliphatic heterocycles. The second-order valence-electron chi connectivity index (χ2n) is 18.5. The number of aromatic nitrogens is 3. The molecule has 1 aliphatic carbocycles. The third kappa shape index (κ3) is 12.4. The summed E-state index contributed by atoms with van der Waals surface area (Å²) in [5.41, 5.74) is 0.286. The summed E-state index contributed by atoms with van der Waals surface area (Å²) in [5.74, 6) is -0.00940. The van der Waals surface area contributed by atoms with Crippen molar-refractivity contribution in [2.75, 3.05) is 38.1 Å². The minimum Gasteiger partial charge on any atom is -0.480 e. The van der Waals surface area contributed by atoms with Crippen molar-refractivity contribution in [3.05, 3.63) is 78.8 Å². The Morgan fingerprint density at radius 3 is 2.35 bits per heavy atom. The van der Waals surface area contributed by atoms with Crippen LogP contribution in [-0.4, -0.2) is 111 Å². The van der Waals surface area contributed by atoms with Crippen molar-refractivity contribution in [1.82, 2.24) is 30.1 Å². The Labute approximate surface area is 364 Å². The smallest absolute Gasteiger partial charge is 0.415 e. The second kappa shape index (κ2) is 19.4. The van der Waals surface area contributed by atoms with E-state index in [0.717, 1.165) is 23.5 Å². The number of nitrogens with one attached hydrogen (secondary N) is 2. The molecule has 4 aromatic rings. The number of carboxylic acid groups (broad SMARTS) is 1. The maximum atomic E-state index is 13.0. The largest absolute Gasteiger partial charge is 0.480 e. The van der Waals surface area contributed by atoms with Crippen LogP contribution < -0.4 is 20.3 Å². The molecule has 2 aromatic heterocycles. The lowest BCUT2D eigenvalue weighted by molar-refractivity contribution is -0.161. The zero-order chi connectivity index (χ0) is 44.8. The van der Waals surface area contributed by atoms with Gasteiger partial charge in [-0.05, 0) is 124 Å². The van der Waals surface area contributed by atoms with Crippen LogP contribution in [0.25, 0.3) is 11.0 Å². The van der Waals surface area contributed by atoms with Gasteiger partial charge in [-0.1, -0.05) is 30.3 Å². The number of ether oxygens (including phenoxy) is 5. The standard InChI is InChI=1S/C46H63N7O9/c1-44(2,3)61-42(56)50-35(41(54)55)20-23-52(22-14-21-47-27-30-15-13-18-33(25-30)58-32-16-11-10-12-17-32)28-31-26-36(38-37(31)59-46(7,8)60-38)53-24-19-34-39(48-29-49-40(34)53)51(9)43(57)62-45(4,5)6/h10-13,15-19,24-25,29,31,35-38,47H,14,20-23,26-28H2,1-9H3,(H,50,56)(H,54,55)/t31-,35+,36-,37-,38+/m1/s1. The van der Waals surface area contributed by atoms with Crippen molar-refractivity contribution in [2.24, 2.45) is 5.92 Å². The summed E-state index contributed by atoms with van der Waals surface area (Å²) < 4.78 is 32.3. The van der Waals surface area contributed by atoms with Gasteiger partial charge in [0.15, 0.2) is 11.6 Å². The molecule has 5 atom stereocenters. The van der Waals surface area contributed by atoms with E-state index in [-0.39, 0.29) is 30.6 Å². The van der Waals surface area contributed by atoms with Crippen molar-refractivity contribution in [2.45, 2.75) is 122 Å². The van der Waals surface area contributed by atoms with Gasteiger partial charge in [0.05, 0.1) is 17.5 Å². The van der Waals surface area contributed by atoms with Gasteiger partial charge in [-0.25, -0.2) is 24.4 Å². The average Bonchev–Trinajstić information content (AvgIpc) is 3.85. The number of hydrogen-bond acceptors (Lipinski definition) is 12. The molecule has 2 amide bonds. The van der Waals surface area contributed by atoms with E-state index >= 15 is 0 Å². The lowest BCUT2D eigenvalue weighted by atomic mass is 10.0. The van der Waals surface area contributed by atoms with Gasteiger partial charge < -0.3 is 48.9 Å². The van der Waals surface area contributed by atoms with E-state index in [4.69, 9.17) is 23.7 Å². The predicted octanol–water partition coefficient (Wildman–Crippen LogP) is 7.53. The zero-order valence-corrected chi connectivity index (χ0v) is 37.4. The maximum absolute atomic E-state index is 13.0. The van der Waals surface area contributed by atoms with E-state index in [0.29, 0.717) is 56.0 Å². The Bertz CT molecular complexity index is 2150. The molecule has 0 bridgehead atoms.